The Labute approximate surface area is 121 Å². The zero-order chi connectivity index (χ0) is 14.7. The van der Waals surface area contributed by atoms with Gasteiger partial charge in [-0.2, -0.15) is 0 Å². The van der Waals surface area contributed by atoms with Crippen LogP contribution in [0.15, 0.2) is 60.6 Å². The minimum absolute atomic E-state index is 0.260. The van der Waals surface area contributed by atoms with Crippen molar-refractivity contribution >= 4 is 18.0 Å². The van der Waals surface area contributed by atoms with Crippen LogP contribution in [0.4, 0.5) is 4.79 Å². The number of nitrogens with zero attached hydrogens (tertiary/aromatic N) is 2. The van der Waals surface area contributed by atoms with E-state index in [1.807, 2.05) is 36.4 Å². The molecule has 1 aromatic carbocycles. The average molecular weight is 279 g/mol. The molecule has 1 N–H and O–H groups in total. The maximum Gasteiger partial charge on any atom is 0.329 e. The Morgan fingerprint density at radius 2 is 1.90 bits per heavy atom. The molecule has 1 aromatic heterocycles. The molecular formula is C16H13N3O2. The summed E-state index contributed by atoms with van der Waals surface area (Å²) in [5.74, 6) is -0.326. The molecule has 1 aliphatic rings. The molecule has 1 fully saturated rings. The smallest absolute Gasteiger partial charge is 0.303 e. The topological polar surface area (TPSA) is 62.3 Å². The van der Waals surface area contributed by atoms with Gasteiger partial charge in [0.25, 0.3) is 5.91 Å². The minimum Gasteiger partial charge on any atom is -0.303 e. The van der Waals surface area contributed by atoms with Gasteiger partial charge < -0.3 is 5.32 Å². The van der Waals surface area contributed by atoms with Crippen LogP contribution >= 0.6 is 0 Å². The van der Waals surface area contributed by atoms with Crippen molar-refractivity contribution in [3.05, 3.63) is 71.7 Å². The maximum atomic E-state index is 12.3. The van der Waals surface area contributed by atoms with Crippen LogP contribution in [0.2, 0.25) is 0 Å². The summed E-state index contributed by atoms with van der Waals surface area (Å²) in [6.45, 7) is 0.260. The Hall–Kier alpha value is -2.95. The predicted molar refractivity (Wildman–Crippen MR) is 77.7 cm³/mol. The number of nitrogens with one attached hydrogen (secondary N) is 1. The summed E-state index contributed by atoms with van der Waals surface area (Å²) in [7, 11) is 0. The van der Waals surface area contributed by atoms with Crippen LogP contribution in [0, 0.1) is 0 Å². The highest BCUT2D eigenvalue weighted by Gasteiger charge is 2.33. The summed E-state index contributed by atoms with van der Waals surface area (Å²) >= 11 is 0. The summed E-state index contributed by atoms with van der Waals surface area (Å²) in [5, 5.41) is 2.59. The zero-order valence-electron chi connectivity index (χ0n) is 11.2. The first kappa shape index (κ1) is 13.1. The van der Waals surface area contributed by atoms with E-state index in [2.05, 4.69) is 10.3 Å². The molecule has 2 heterocycles. The molecule has 5 heteroatoms. The molecular weight excluding hydrogens is 266 g/mol. The molecule has 0 unspecified atom stereocenters. The minimum atomic E-state index is -0.404. The lowest BCUT2D eigenvalue weighted by molar-refractivity contribution is -0.123. The fraction of sp³-hybridized carbons (Fsp3) is 0.0625. The summed E-state index contributed by atoms with van der Waals surface area (Å²) < 4.78 is 0. The monoisotopic (exact) mass is 279 g/mol. The van der Waals surface area contributed by atoms with E-state index in [0.29, 0.717) is 0 Å². The lowest BCUT2D eigenvalue weighted by Crippen LogP contribution is -2.30. The molecule has 0 spiro atoms. The fourth-order valence-electron chi connectivity index (χ4n) is 2.11. The van der Waals surface area contributed by atoms with Crippen LogP contribution in [-0.4, -0.2) is 21.8 Å². The van der Waals surface area contributed by atoms with Crippen molar-refractivity contribution in [3.8, 4) is 0 Å². The number of rotatable bonds is 3. The third-order valence-corrected chi connectivity index (χ3v) is 3.14. The first-order chi connectivity index (χ1) is 10.2. The second-order valence-corrected chi connectivity index (χ2v) is 4.65. The van der Waals surface area contributed by atoms with Crippen LogP contribution in [0.25, 0.3) is 6.08 Å². The Morgan fingerprint density at radius 1 is 1.10 bits per heavy atom. The molecule has 0 aliphatic carbocycles. The second-order valence-electron chi connectivity index (χ2n) is 4.65. The molecule has 5 nitrogen and oxygen atoms in total. The van der Waals surface area contributed by atoms with Gasteiger partial charge in [0, 0.05) is 12.4 Å². The number of carbonyl (C=O) groups is 2. The summed E-state index contributed by atoms with van der Waals surface area (Å²) in [5.41, 5.74) is 1.94. The van der Waals surface area contributed by atoms with Crippen LogP contribution in [0.3, 0.4) is 0 Å². The highest BCUT2D eigenvalue weighted by atomic mass is 16.2. The molecule has 1 saturated heterocycles. The number of pyridine rings is 1. The van der Waals surface area contributed by atoms with E-state index in [1.54, 1.807) is 24.5 Å². The van der Waals surface area contributed by atoms with Gasteiger partial charge in [-0.3, -0.25) is 14.7 Å². The molecule has 2 aromatic rings. The molecule has 0 saturated carbocycles. The van der Waals surface area contributed by atoms with Crippen LogP contribution in [0.5, 0.6) is 0 Å². The van der Waals surface area contributed by atoms with Crippen molar-refractivity contribution in [1.29, 1.82) is 0 Å². The molecule has 0 bridgehead atoms. The van der Waals surface area contributed by atoms with E-state index in [9.17, 15) is 9.59 Å². The highest BCUT2D eigenvalue weighted by Crippen LogP contribution is 2.16. The van der Waals surface area contributed by atoms with Gasteiger partial charge in [0.2, 0.25) is 0 Å². The molecule has 104 valence electrons. The van der Waals surface area contributed by atoms with E-state index >= 15 is 0 Å². The van der Waals surface area contributed by atoms with Crippen LogP contribution in [-0.2, 0) is 11.3 Å². The van der Waals surface area contributed by atoms with Gasteiger partial charge in [-0.05, 0) is 23.3 Å². The third kappa shape index (κ3) is 2.81. The van der Waals surface area contributed by atoms with E-state index in [4.69, 9.17) is 0 Å². The molecule has 0 atom stereocenters. The fourth-order valence-corrected chi connectivity index (χ4v) is 2.11. The molecule has 0 radical (unpaired) electrons. The first-order valence-electron chi connectivity index (χ1n) is 6.52. The Morgan fingerprint density at radius 3 is 2.62 bits per heavy atom. The van der Waals surface area contributed by atoms with Gasteiger partial charge in [0.1, 0.15) is 5.70 Å². The number of amides is 3. The number of hydrogen-bond acceptors (Lipinski definition) is 3. The average Bonchev–Trinajstić information content (AvgIpc) is 2.77. The SMILES string of the molecule is O=C1N/C(=C/c2cccnc2)C(=O)N1Cc1ccccc1. The molecule has 3 amide bonds. The van der Waals surface area contributed by atoms with Crippen molar-refractivity contribution in [2.24, 2.45) is 0 Å². The van der Waals surface area contributed by atoms with Gasteiger partial charge >= 0.3 is 6.03 Å². The zero-order valence-corrected chi connectivity index (χ0v) is 11.2. The summed E-state index contributed by atoms with van der Waals surface area (Å²) in [6.07, 6.45) is 4.91. The predicted octanol–water partition coefficient (Wildman–Crippen LogP) is 2.17. The van der Waals surface area contributed by atoms with Gasteiger partial charge in [0.15, 0.2) is 0 Å². The van der Waals surface area contributed by atoms with Crippen molar-refractivity contribution in [2.45, 2.75) is 6.54 Å². The van der Waals surface area contributed by atoms with E-state index in [0.717, 1.165) is 11.1 Å². The summed E-state index contributed by atoms with van der Waals surface area (Å²) in [6, 6.07) is 12.6. The van der Waals surface area contributed by atoms with E-state index in [1.165, 1.54) is 4.90 Å². The highest BCUT2D eigenvalue weighted by molar-refractivity contribution is 6.13. The van der Waals surface area contributed by atoms with Gasteiger partial charge in [-0.25, -0.2) is 4.79 Å². The normalized spacial score (nSPS) is 16.4. The number of hydrogen-bond donors (Lipinski definition) is 1. The number of carbonyl (C=O) groups excluding carboxylic acids is 2. The first-order valence-corrected chi connectivity index (χ1v) is 6.52. The Kier molecular flexibility index (Phi) is 3.47. The standard InChI is InChI=1S/C16H13N3O2/c20-15-14(9-13-7-4-8-17-10-13)18-16(21)19(15)11-12-5-2-1-3-6-12/h1-10H,11H2,(H,18,21)/b14-9+. The Balaban J connectivity index is 1.81. The number of aromatic nitrogens is 1. The van der Waals surface area contributed by atoms with Gasteiger partial charge in [-0.1, -0.05) is 36.4 Å². The number of urea groups is 1. The van der Waals surface area contributed by atoms with Gasteiger partial charge in [0.05, 0.1) is 6.54 Å². The second kappa shape index (κ2) is 5.58. The summed E-state index contributed by atoms with van der Waals surface area (Å²) in [4.78, 5) is 29.4. The van der Waals surface area contributed by atoms with Crippen molar-refractivity contribution < 1.29 is 9.59 Å². The number of benzene rings is 1. The lowest BCUT2D eigenvalue weighted by atomic mass is 10.2. The van der Waals surface area contributed by atoms with Crippen LogP contribution in [0.1, 0.15) is 11.1 Å². The molecule has 3 rings (SSSR count). The van der Waals surface area contributed by atoms with Crippen molar-refractivity contribution in [2.75, 3.05) is 0 Å². The van der Waals surface area contributed by atoms with Crippen LogP contribution < -0.4 is 5.32 Å². The van der Waals surface area contributed by atoms with Crippen molar-refractivity contribution in [1.82, 2.24) is 15.2 Å². The molecule has 1 aliphatic heterocycles. The largest absolute Gasteiger partial charge is 0.329 e. The molecule has 21 heavy (non-hydrogen) atoms. The quantitative estimate of drug-likeness (QED) is 0.692. The van der Waals surface area contributed by atoms with Crippen molar-refractivity contribution in [3.63, 3.8) is 0 Å². The number of imide groups is 1. The van der Waals surface area contributed by atoms with E-state index in [-0.39, 0.29) is 18.1 Å². The van der Waals surface area contributed by atoms with Gasteiger partial charge in [-0.15, -0.1) is 0 Å². The van der Waals surface area contributed by atoms with E-state index < -0.39 is 6.03 Å². The lowest BCUT2D eigenvalue weighted by Gasteiger charge is -2.11. The maximum absolute atomic E-state index is 12.3. The third-order valence-electron chi connectivity index (χ3n) is 3.14. The Bertz CT molecular complexity index is 696.